The van der Waals surface area contributed by atoms with Crippen LogP contribution in [0.2, 0.25) is 0 Å². The molecule has 0 spiro atoms. The molecule has 0 amide bonds. The Kier molecular flexibility index (Phi) is 2.09. The molecule has 3 rings (SSSR count). The Balaban J connectivity index is 2.18. The molecule has 0 aliphatic carbocycles. The van der Waals surface area contributed by atoms with Gasteiger partial charge in [-0.25, -0.2) is 4.98 Å². The fraction of sp³-hybridized carbons (Fsp3) is 0.364. The maximum absolute atomic E-state index is 5.98. The number of nitrogen functional groups attached to an aromatic ring is 1. The van der Waals surface area contributed by atoms with Crippen LogP contribution >= 0.6 is 11.8 Å². The van der Waals surface area contributed by atoms with Crippen LogP contribution in [0.15, 0.2) is 24.4 Å². The van der Waals surface area contributed by atoms with Crippen LogP contribution in [0, 0.1) is 0 Å². The molecule has 1 aliphatic heterocycles. The molecule has 0 radical (unpaired) electrons. The summed E-state index contributed by atoms with van der Waals surface area (Å²) in [7, 11) is 0. The van der Waals surface area contributed by atoms with Crippen LogP contribution in [0.4, 0.5) is 5.82 Å². The van der Waals surface area contributed by atoms with Gasteiger partial charge in [-0.05, 0) is 30.7 Å². The van der Waals surface area contributed by atoms with Crippen molar-refractivity contribution in [2.45, 2.75) is 18.1 Å². The number of anilines is 1. The van der Waals surface area contributed by atoms with E-state index >= 15 is 0 Å². The second kappa shape index (κ2) is 3.45. The highest BCUT2D eigenvalue weighted by Crippen LogP contribution is 2.39. The highest BCUT2D eigenvalue weighted by molar-refractivity contribution is 7.99. The van der Waals surface area contributed by atoms with Gasteiger partial charge in [-0.3, -0.25) is 4.40 Å². The average molecular weight is 219 g/mol. The first-order chi connectivity index (χ1) is 7.36. The van der Waals surface area contributed by atoms with E-state index in [9.17, 15) is 0 Å². The van der Waals surface area contributed by atoms with Crippen molar-refractivity contribution in [3.05, 3.63) is 30.2 Å². The molecule has 1 fully saturated rings. The zero-order valence-electron chi connectivity index (χ0n) is 8.39. The summed E-state index contributed by atoms with van der Waals surface area (Å²) < 4.78 is 2.07. The summed E-state index contributed by atoms with van der Waals surface area (Å²) in [5.74, 6) is 3.14. The molecular weight excluding hydrogens is 206 g/mol. The Morgan fingerprint density at radius 1 is 1.47 bits per heavy atom. The van der Waals surface area contributed by atoms with Crippen molar-refractivity contribution >= 4 is 23.1 Å². The standard InChI is InChI=1S/C11H13N3S/c12-10-5-1-3-8-7-13-11(14(8)10)9-4-2-6-15-9/h1,3,5,7,9H,2,4,6,12H2. The molecule has 0 bridgehead atoms. The molecular formula is C11H13N3S. The summed E-state index contributed by atoms with van der Waals surface area (Å²) >= 11 is 1.98. The van der Waals surface area contributed by atoms with Gasteiger partial charge in [0, 0.05) is 0 Å². The van der Waals surface area contributed by atoms with E-state index in [-0.39, 0.29) is 0 Å². The number of nitrogens with two attached hydrogens (primary N) is 1. The lowest BCUT2D eigenvalue weighted by Gasteiger charge is -2.09. The van der Waals surface area contributed by atoms with Crippen LogP contribution in [0.5, 0.6) is 0 Å². The number of imidazole rings is 1. The SMILES string of the molecule is Nc1cccc2cnc(C3CCCS3)n12. The number of rotatable bonds is 1. The lowest BCUT2D eigenvalue weighted by atomic mass is 10.2. The van der Waals surface area contributed by atoms with Crippen molar-refractivity contribution in [1.29, 1.82) is 0 Å². The molecule has 0 saturated carbocycles. The topological polar surface area (TPSA) is 43.3 Å². The first kappa shape index (κ1) is 9.09. The van der Waals surface area contributed by atoms with Crippen LogP contribution in [0.3, 0.4) is 0 Å². The third-order valence-corrected chi connectivity index (χ3v) is 4.20. The van der Waals surface area contributed by atoms with Gasteiger partial charge >= 0.3 is 0 Å². The molecule has 1 aliphatic rings. The van der Waals surface area contributed by atoms with Gasteiger partial charge in [-0.2, -0.15) is 11.8 Å². The Morgan fingerprint density at radius 2 is 2.40 bits per heavy atom. The molecule has 3 nitrogen and oxygen atoms in total. The minimum absolute atomic E-state index is 0.525. The molecule has 2 aromatic heterocycles. The predicted octanol–water partition coefficient (Wildman–Crippen LogP) is 2.48. The van der Waals surface area contributed by atoms with Gasteiger partial charge in [0.2, 0.25) is 0 Å². The normalized spacial score (nSPS) is 21.2. The van der Waals surface area contributed by atoms with Crippen molar-refractivity contribution in [3.63, 3.8) is 0 Å². The Bertz CT molecular complexity index is 486. The largest absolute Gasteiger partial charge is 0.385 e. The Labute approximate surface area is 92.7 Å². The summed E-state index contributed by atoms with van der Waals surface area (Å²) in [5.41, 5.74) is 7.08. The first-order valence-electron chi connectivity index (χ1n) is 5.20. The van der Waals surface area contributed by atoms with E-state index in [1.165, 1.54) is 18.6 Å². The Morgan fingerprint density at radius 3 is 3.20 bits per heavy atom. The van der Waals surface area contributed by atoms with Crippen molar-refractivity contribution in [1.82, 2.24) is 9.38 Å². The highest BCUT2D eigenvalue weighted by Gasteiger charge is 2.22. The monoisotopic (exact) mass is 219 g/mol. The van der Waals surface area contributed by atoms with Crippen LogP contribution < -0.4 is 5.73 Å². The zero-order chi connectivity index (χ0) is 10.3. The van der Waals surface area contributed by atoms with Gasteiger partial charge in [-0.1, -0.05) is 6.07 Å². The molecule has 1 atom stereocenters. The zero-order valence-corrected chi connectivity index (χ0v) is 9.20. The maximum Gasteiger partial charge on any atom is 0.127 e. The molecule has 15 heavy (non-hydrogen) atoms. The van der Waals surface area contributed by atoms with Gasteiger partial charge in [0.25, 0.3) is 0 Å². The number of fused-ring (bicyclic) bond motifs is 1. The molecule has 0 aromatic carbocycles. The summed E-state index contributed by atoms with van der Waals surface area (Å²) in [6.07, 6.45) is 4.42. The highest BCUT2D eigenvalue weighted by atomic mass is 32.2. The van der Waals surface area contributed by atoms with Gasteiger partial charge < -0.3 is 5.73 Å². The van der Waals surface area contributed by atoms with E-state index in [4.69, 9.17) is 5.73 Å². The van der Waals surface area contributed by atoms with Crippen LogP contribution in [-0.2, 0) is 0 Å². The van der Waals surface area contributed by atoms with Gasteiger partial charge in [0.05, 0.1) is 17.0 Å². The van der Waals surface area contributed by atoms with Crippen LogP contribution in [0.25, 0.3) is 5.52 Å². The van der Waals surface area contributed by atoms with E-state index < -0.39 is 0 Å². The third kappa shape index (κ3) is 1.40. The first-order valence-corrected chi connectivity index (χ1v) is 6.24. The third-order valence-electron chi connectivity index (χ3n) is 2.83. The molecule has 4 heteroatoms. The molecule has 2 aromatic rings. The maximum atomic E-state index is 5.98. The minimum Gasteiger partial charge on any atom is -0.385 e. The second-order valence-electron chi connectivity index (χ2n) is 3.83. The average Bonchev–Trinajstić information content (AvgIpc) is 2.85. The number of thioether (sulfide) groups is 1. The number of hydrogen-bond donors (Lipinski definition) is 1. The molecule has 3 heterocycles. The van der Waals surface area contributed by atoms with Crippen LogP contribution in [0.1, 0.15) is 23.9 Å². The van der Waals surface area contributed by atoms with Crippen molar-refractivity contribution in [3.8, 4) is 0 Å². The summed E-state index contributed by atoms with van der Waals surface area (Å²) in [6, 6.07) is 5.95. The van der Waals surface area contributed by atoms with Crippen molar-refractivity contribution in [2.75, 3.05) is 11.5 Å². The van der Waals surface area contributed by atoms with E-state index in [0.717, 1.165) is 17.2 Å². The molecule has 78 valence electrons. The summed E-state index contributed by atoms with van der Waals surface area (Å²) in [5, 5.41) is 0.525. The summed E-state index contributed by atoms with van der Waals surface area (Å²) in [6.45, 7) is 0. The lowest BCUT2D eigenvalue weighted by molar-refractivity contribution is 0.776. The van der Waals surface area contributed by atoms with E-state index in [1.54, 1.807) is 0 Å². The smallest absolute Gasteiger partial charge is 0.127 e. The van der Waals surface area contributed by atoms with Gasteiger partial charge in [-0.15, -0.1) is 0 Å². The predicted molar refractivity (Wildman–Crippen MR) is 64.0 cm³/mol. The summed E-state index contributed by atoms with van der Waals surface area (Å²) in [4.78, 5) is 4.50. The quantitative estimate of drug-likeness (QED) is 0.801. The number of pyridine rings is 1. The number of nitrogens with zero attached hydrogens (tertiary/aromatic N) is 2. The minimum atomic E-state index is 0.525. The Hall–Kier alpha value is -1.16. The van der Waals surface area contributed by atoms with Crippen molar-refractivity contribution in [2.24, 2.45) is 0 Å². The molecule has 2 N–H and O–H groups in total. The van der Waals surface area contributed by atoms with E-state index in [2.05, 4.69) is 9.38 Å². The molecule has 1 saturated heterocycles. The van der Waals surface area contributed by atoms with Crippen molar-refractivity contribution < 1.29 is 0 Å². The fourth-order valence-corrected chi connectivity index (χ4v) is 3.37. The fourth-order valence-electron chi connectivity index (χ4n) is 2.11. The second-order valence-corrected chi connectivity index (χ2v) is 5.14. The van der Waals surface area contributed by atoms with Crippen LogP contribution in [-0.4, -0.2) is 15.1 Å². The van der Waals surface area contributed by atoms with Gasteiger partial charge in [0.15, 0.2) is 0 Å². The number of hydrogen-bond acceptors (Lipinski definition) is 3. The van der Waals surface area contributed by atoms with E-state index in [1.807, 2.05) is 36.2 Å². The molecule has 1 unspecified atom stereocenters. The lowest BCUT2D eigenvalue weighted by Crippen LogP contribution is -2.02. The van der Waals surface area contributed by atoms with Gasteiger partial charge in [0.1, 0.15) is 11.6 Å². The number of aromatic nitrogens is 2. The van der Waals surface area contributed by atoms with E-state index in [0.29, 0.717) is 5.25 Å².